The van der Waals surface area contributed by atoms with Gasteiger partial charge in [-0.05, 0) is 31.4 Å². The summed E-state index contributed by atoms with van der Waals surface area (Å²) in [7, 11) is 0. The van der Waals surface area contributed by atoms with Crippen molar-refractivity contribution in [3.8, 4) is 0 Å². The maximum absolute atomic E-state index is 12.6. The minimum atomic E-state index is -0.317. The highest BCUT2D eigenvalue weighted by atomic mass is 16.2. The van der Waals surface area contributed by atoms with Crippen molar-refractivity contribution >= 4 is 17.4 Å². The second-order valence-electron chi connectivity index (χ2n) is 6.33. The van der Waals surface area contributed by atoms with Gasteiger partial charge < -0.3 is 10.6 Å². The highest BCUT2D eigenvalue weighted by Crippen LogP contribution is 2.19. The number of piperazine rings is 1. The van der Waals surface area contributed by atoms with E-state index in [0.717, 1.165) is 17.6 Å². The molecule has 0 aromatic heterocycles. The van der Waals surface area contributed by atoms with Gasteiger partial charge in [0, 0.05) is 32.3 Å². The molecule has 1 fully saturated rings. The number of primary amides is 1. The molecule has 5 heteroatoms. The van der Waals surface area contributed by atoms with Gasteiger partial charge in [-0.25, -0.2) is 0 Å². The van der Waals surface area contributed by atoms with Crippen LogP contribution in [0.1, 0.15) is 31.4 Å². The Labute approximate surface area is 144 Å². The van der Waals surface area contributed by atoms with Crippen molar-refractivity contribution in [2.75, 3.05) is 26.2 Å². The molecular weight excluding hydrogens is 302 g/mol. The molecule has 2 N–H and O–H groups in total. The van der Waals surface area contributed by atoms with E-state index in [0.29, 0.717) is 26.2 Å². The lowest BCUT2D eigenvalue weighted by atomic mass is 10.0. The largest absolute Gasteiger partial charge is 0.368 e. The minimum absolute atomic E-state index is 0.0406. The number of hydrogen-bond acceptors (Lipinski definition) is 3. The highest BCUT2D eigenvalue weighted by molar-refractivity contribution is 5.95. The van der Waals surface area contributed by atoms with Gasteiger partial charge in [-0.15, -0.1) is 0 Å². The molecule has 0 bridgehead atoms. The summed E-state index contributed by atoms with van der Waals surface area (Å²) in [6, 6.07) is 7.96. The van der Waals surface area contributed by atoms with Crippen LogP contribution in [-0.2, 0) is 9.59 Å². The van der Waals surface area contributed by atoms with Crippen molar-refractivity contribution in [2.24, 2.45) is 5.73 Å². The van der Waals surface area contributed by atoms with E-state index in [1.54, 1.807) is 6.08 Å². The van der Waals surface area contributed by atoms with Gasteiger partial charge in [-0.1, -0.05) is 36.8 Å². The van der Waals surface area contributed by atoms with E-state index < -0.39 is 0 Å². The second-order valence-corrected chi connectivity index (χ2v) is 6.33. The lowest BCUT2D eigenvalue weighted by Crippen LogP contribution is -2.54. The summed E-state index contributed by atoms with van der Waals surface area (Å²) < 4.78 is 0. The average molecular weight is 329 g/mol. The molecule has 5 nitrogen and oxygen atoms in total. The van der Waals surface area contributed by atoms with Crippen molar-refractivity contribution in [1.29, 1.82) is 0 Å². The van der Waals surface area contributed by atoms with Crippen LogP contribution in [0.3, 0.4) is 0 Å². The number of allylic oxidation sites excluding steroid dienone is 1. The SMILES string of the molecule is CC/C(=C\C(=O)N1CCN([C@@H](C)C(N)=O)CC1)c1ccc(C)cc1. The van der Waals surface area contributed by atoms with Crippen molar-refractivity contribution < 1.29 is 9.59 Å². The van der Waals surface area contributed by atoms with Crippen LogP contribution in [-0.4, -0.2) is 53.8 Å². The first-order chi connectivity index (χ1) is 11.4. The van der Waals surface area contributed by atoms with E-state index in [4.69, 9.17) is 5.73 Å². The van der Waals surface area contributed by atoms with Crippen LogP contribution in [0.2, 0.25) is 0 Å². The zero-order valence-corrected chi connectivity index (χ0v) is 14.8. The van der Waals surface area contributed by atoms with Crippen molar-refractivity contribution in [3.05, 3.63) is 41.5 Å². The average Bonchev–Trinajstić information content (AvgIpc) is 2.59. The molecule has 0 unspecified atom stereocenters. The van der Waals surface area contributed by atoms with E-state index in [1.807, 2.05) is 16.7 Å². The lowest BCUT2D eigenvalue weighted by molar-refractivity contribution is -0.129. The number of carbonyl (C=O) groups is 2. The van der Waals surface area contributed by atoms with Gasteiger partial charge in [0.05, 0.1) is 6.04 Å². The Morgan fingerprint density at radius 3 is 2.25 bits per heavy atom. The normalized spacial score (nSPS) is 17.6. The first-order valence-electron chi connectivity index (χ1n) is 8.52. The summed E-state index contributed by atoms with van der Waals surface area (Å²) in [6.45, 7) is 8.52. The van der Waals surface area contributed by atoms with Gasteiger partial charge in [0.25, 0.3) is 0 Å². The van der Waals surface area contributed by atoms with Gasteiger partial charge in [0.2, 0.25) is 11.8 Å². The summed E-state index contributed by atoms with van der Waals surface area (Å²) in [5.41, 5.74) is 8.70. The number of amides is 2. The Morgan fingerprint density at radius 2 is 1.75 bits per heavy atom. The molecule has 1 heterocycles. The van der Waals surface area contributed by atoms with Crippen LogP contribution in [0.5, 0.6) is 0 Å². The fourth-order valence-electron chi connectivity index (χ4n) is 2.91. The summed E-state index contributed by atoms with van der Waals surface area (Å²) in [5.74, 6) is -0.277. The monoisotopic (exact) mass is 329 g/mol. The van der Waals surface area contributed by atoms with Gasteiger partial charge in [-0.2, -0.15) is 0 Å². The third kappa shape index (κ3) is 4.45. The number of nitrogens with two attached hydrogens (primary N) is 1. The molecule has 24 heavy (non-hydrogen) atoms. The predicted molar refractivity (Wildman–Crippen MR) is 96.3 cm³/mol. The van der Waals surface area contributed by atoms with E-state index in [2.05, 4.69) is 38.1 Å². The highest BCUT2D eigenvalue weighted by Gasteiger charge is 2.25. The molecule has 1 atom stereocenters. The van der Waals surface area contributed by atoms with Crippen molar-refractivity contribution in [2.45, 2.75) is 33.2 Å². The molecule has 130 valence electrons. The molecule has 1 aromatic rings. The number of aryl methyl sites for hydroxylation is 1. The molecule has 0 saturated carbocycles. The molecule has 0 spiro atoms. The number of benzene rings is 1. The Bertz CT molecular complexity index is 614. The summed E-state index contributed by atoms with van der Waals surface area (Å²) in [5, 5.41) is 0. The molecule has 1 aliphatic heterocycles. The maximum atomic E-state index is 12.6. The minimum Gasteiger partial charge on any atom is -0.368 e. The fraction of sp³-hybridized carbons (Fsp3) is 0.474. The molecular formula is C19H27N3O2. The van der Waals surface area contributed by atoms with Crippen LogP contribution in [0.4, 0.5) is 0 Å². The summed E-state index contributed by atoms with van der Waals surface area (Å²) >= 11 is 0. The van der Waals surface area contributed by atoms with Crippen LogP contribution in [0, 0.1) is 6.92 Å². The molecule has 1 aliphatic rings. The third-order valence-corrected chi connectivity index (χ3v) is 4.69. The Hall–Kier alpha value is -2.14. The smallest absolute Gasteiger partial charge is 0.246 e. The van der Waals surface area contributed by atoms with E-state index >= 15 is 0 Å². The van der Waals surface area contributed by atoms with E-state index in [-0.39, 0.29) is 17.9 Å². The first kappa shape index (κ1) is 18.2. The lowest BCUT2D eigenvalue weighted by Gasteiger charge is -2.36. The standard InChI is InChI=1S/C19H27N3O2/c1-4-16(17-7-5-14(2)6-8-17)13-18(23)22-11-9-21(10-12-22)15(3)19(20)24/h5-8,13,15H,4,9-12H2,1-3H3,(H2,20,24)/b16-13+/t15-/m0/s1. The van der Waals surface area contributed by atoms with Gasteiger partial charge in [-0.3, -0.25) is 14.5 Å². The first-order valence-corrected chi connectivity index (χ1v) is 8.52. The molecule has 0 radical (unpaired) electrons. The van der Waals surface area contributed by atoms with E-state index in [1.165, 1.54) is 5.56 Å². The zero-order chi connectivity index (χ0) is 17.7. The number of rotatable bonds is 5. The Kier molecular flexibility index (Phi) is 6.15. The predicted octanol–water partition coefficient (Wildman–Crippen LogP) is 1.81. The Balaban J connectivity index is 2.01. The molecule has 2 amide bonds. The van der Waals surface area contributed by atoms with Crippen molar-refractivity contribution in [3.63, 3.8) is 0 Å². The fourth-order valence-corrected chi connectivity index (χ4v) is 2.91. The van der Waals surface area contributed by atoms with Crippen LogP contribution < -0.4 is 5.73 Å². The number of hydrogen-bond donors (Lipinski definition) is 1. The molecule has 1 saturated heterocycles. The van der Waals surface area contributed by atoms with Gasteiger partial charge >= 0.3 is 0 Å². The van der Waals surface area contributed by atoms with Gasteiger partial charge in [0.15, 0.2) is 0 Å². The second kappa shape index (κ2) is 8.11. The Morgan fingerprint density at radius 1 is 1.17 bits per heavy atom. The number of carbonyl (C=O) groups excluding carboxylic acids is 2. The molecule has 2 rings (SSSR count). The maximum Gasteiger partial charge on any atom is 0.246 e. The van der Waals surface area contributed by atoms with Crippen LogP contribution in [0.25, 0.3) is 5.57 Å². The number of nitrogens with zero attached hydrogens (tertiary/aromatic N) is 2. The molecule has 1 aromatic carbocycles. The summed E-state index contributed by atoms with van der Waals surface area (Å²) in [4.78, 5) is 27.7. The topological polar surface area (TPSA) is 66.6 Å². The van der Waals surface area contributed by atoms with Crippen LogP contribution >= 0.6 is 0 Å². The third-order valence-electron chi connectivity index (χ3n) is 4.69. The van der Waals surface area contributed by atoms with Crippen LogP contribution in [0.15, 0.2) is 30.3 Å². The van der Waals surface area contributed by atoms with Gasteiger partial charge in [0.1, 0.15) is 0 Å². The molecule has 0 aliphatic carbocycles. The van der Waals surface area contributed by atoms with E-state index in [9.17, 15) is 9.59 Å². The van der Waals surface area contributed by atoms with Crippen molar-refractivity contribution in [1.82, 2.24) is 9.80 Å². The zero-order valence-electron chi connectivity index (χ0n) is 14.8. The quantitative estimate of drug-likeness (QED) is 0.838. The summed E-state index contributed by atoms with van der Waals surface area (Å²) in [6.07, 6.45) is 2.56.